The van der Waals surface area contributed by atoms with E-state index in [1.807, 2.05) is 0 Å². The first-order valence-electron chi connectivity index (χ1n) is 5.46. The topological polar surface area (TPSA) is 127 Å². The Labute approximate surface area is 112 Å². The third-order valence-electron chi connectivity index (χ3n) is 2.48. The van der Waals surface area contributed by atoms with E-state index in [1.54, 1.807) is 6.92 Å². The first-order valence-corrected chi connectivity index (χ1v) is 8.49. The number of aliphatic hydroxyl groups excluding tert-OH is 1. The molecule has 0 unspecified atom stereocenters. The highest BCUT2D eigenvalue weighted by molar-refractivity contribution is 7.90. The SMILES string of the molecule is CC[C@@H](CO)NS(=O)(=O)c1cccc(S(N)(=O)=O)c1. The Hall–Kier alpha value is -1.00. The molecule has 1 aromatic rings. The van der Waals surface area contributed by atoms with E-state index in [2.05, 4.69) is 4.72 Å². The molecule has 9 heteroatoms. The van der Waals surface area contributed by atoms with Crippen LogP contribution >= 0.6 is 0 Å². The number of aliphatic hydroxyl groups is 1. The molecule has 0 amide bonds. The smallest absolute Gasteiger partial charge is 0.240 e. The maximum atomic E-state index is 12.0. The standard InChI is InChI=1S/C10H16N2O5S2/c1-2-8(7-13)12-19(16,17)10-5-3-4-9(6-10)18(11,14)15/h3-6,8,12-13H,2,7H2,1H3,(H2,11,14,15)/t8-/m0/s1. The van der Waals surface area contributed by atoms with Crippen LogP contribution < -0.4 is 9.86 Å². The Morgan fingerprint density at radius 1 is 1.26 bits per heavy atom. The zero-order valence-electron chi connectivity index (χ0n) is 10.3. The van der Waals surface area contributed by atoms with Crippen molar-refractivity contribution in [1.29, 1.82) is 0 Å². The Kier molecular flexibility index (Phi) is 5.04. The second-order valence-corrected chi connectivity index (χ2v) is 7.20. The lowest BCUT2D eigenvalue weighted by Crippen LogP contribution is -2.36. The maximum absolute atomic E-state index is 12.0. The average Bonchev–Trinajstić information content (AvgIpc) is 2.35. The largest absolute Gasteiger partial charge is 0.395 e. The summed E-state index contributed by atoms with van der Waals surface area (Å²) in [5, 5.41) is 13.9. The molecule has 1 aromatic carbocycles. The Morgan fingerprint density at radius 2 is 1.84 bits per heavy atom. The molecule has 108 valence electrons. The van der Waals surface area contributed by atoms with E-state index in [1.165, 1.54) is 18.2 Å². The molecule has 0 fully saturated rings. The van der Waals surface area contributed by atoms with E-state index in [-0.39, 0.29) is 16.4 Å². The summed E-state index contributed by atoms with van der Waals surface area (Å²) in [6, 6.07) is 4.09. The van der Waals surface area contributed by atoms with E-state index >= 15 is 0 Å². The van der Waals surface area contributed by atoms with Crippen molar-refractivity contribution in [3.8, 4) is 0 Å². The van der Waals surface area contributed by atoms with Gasteiger partial charge < -0.3 is 5.11 Å². The fourth-order valence-electron chi connectivity index (χ4n) is 1.36. The molecule has 0 aromatic heterocycles. The van der Waals surface area contributed by atoms with Crippen molar-refractivity contribution in [1.82, 2.24) is 4.72 Å². The van der Waals surface area contributed by atoms with Crippen LogP contribution in [0.25, 0.3) is 0 Å². The van der Waals surface area contributed by atoms with Crippen molar-refractivity contribution in [3.63, 3.8) is 0 Å². The number of nitrogens with two attached hydrogens (primary N) is 1. The molecule has 1 atom stereocenters. The quantitative estimate of drug-likeness (QED) is 0.645. The van der Waals surface area contributed by atoms with Crippen LogP contribution in [0, 0.1) is 0 Å². The van der Waals surface area contributed by atoms with Crippen molar-refractivity contribution in [2.24, 2.45) is 5.14 Å². The molecular weight excluding hydrogens is 292 g/mol. The number of nitrogens with one attached hydrogen (secondary N) is 1. The van der Waals surface area contributed by atoms with Crippen LogP contribution in [-0.2, 0) is 20.0 Å². The summed E-state index contributed by atoms with van der Waals surface area (Å²) in [7, 11) is -7.86. The fraction of sp³-hybridized carbons (Fsp3) is 0.400. The summed E-state index contributed by atoms with van der Waals surface area (Å²) in [6.07, 6.45) is 0.407. The zero-order valence-corrected chi connectivity index (χ0v) is 11.9. The average molecular weight is 308 g/mol. The van der Waals surface area contributed by atoms with Crippen LogP contribution in [0.3, 0.4) is 0 Å². The van der Waals surface area contributed by atoms with Crippen molar-refractivity contribution in [2.75, 3.05) is 6.61 Å². The zero-order chi connectivity index (χ0) is 14.7. The second-order valence-electron chi connectivity index (χ2n) is 3.93. The highest BCUT2D eigenvalue weighted by Gasteiger charge is 2.20. The van der Waals surface area contributed by atoms with Gasteiger partial charge in [-0.3, -0.25) is 0 Å². The molecular formula is C10H16N2O5S2. The Bertz CT molecular complexity index is 636. The minimum Gasteiger partial charge on any atom is -0.395 e. The van der Waals surface area contributed by atoms with Gasteiger partial charge in [0, 0.05) is 6.04 Å². The van der Waals surface area contributed by atoms with Crippen LogP contribution in [0.4, 0.5) is 0 Å². The van der Waals surface area contributed by atoms with Gasteiger partial charge in [0.05, 0.1) is 16.4 Å². The van der Waals surface area contributed by atoms with E-state index in [4.69, 9.17) is 10.2 Å². The first-order chi connectivity index (χ1) is 8.70. The number of primary sulfonamides is 1. The first kappa shape index (κ1) is 16.1. The van der Waals surface area contributed by atoms with Crippen LogP contribution in [0.5, 0.6) is 0 Å². The van der Waals surface area contributed by atoms with Crippen LogP contribution in [0.1, 0.15) is 13.3 Å². The number of sulfonamides is 2. The van der Waals surface area contributed by atoms with Gasteiger partial charge in [-0.1, -0.05) is 13.0 Å². The predicted octanol–water partition coefficient (Wildman–Crippen LogP) is -0.617. The van der Waals surface area contributed by atoms with Crippen LogP contribution in [-0.4, -0.2) is 34.6 Å². The lowest BCUT2D eigenvalue weighted by molar-refractivity contribution is 0.254. The van der Waals surface area contributed by atoms with Gasteiger partial charge in [0.1, 0.15) is 0 Å². The van der Waals surface area contributed by atoms with E-state index in [0.29, 0.717) is 6.42 Å². The van der Waals surface area contributed by atoms with Gasteiger partial charge in [-0.2, -0.15) is 0 Å². The van der Waals surface area contributed by atoms with Crippen molar-refractivity contribution < 1.29 is 21.9 Å². The predicted molar refractivity (Wildman–Crippen MR) is 69.3 cm³/mol. The number of rotatable bonds is 6. The van der Waals surface area contributed by atoms with E-state index < -0.39 is 26.1 Å². The molecule has 0 saturated heterocycles. The van der Waals surface area contributed by atoms with Crippen LogP contribution in [0.2, 0.25) is 0 Å². The van der Waals surface area contributed by atoms with E-state index in [0.717, 1.165) is 6.07 Å². The molecule has 0 saturated carbocycles. The molecule has 19 heavy (non-hydrogen) atoms. The van der Waals surface area contributed by atoms with Gasteiger partial charge >= 0.3 is 0 Å². The highest BCUT2D eigenvalue weighted by atomic mass is 32.2. The van der Waals surface area contributed by atoms with Crippen LogP contribution in [0.15, 0.2) is 34.1 Å². The third-order valence-corrected chi connectivity index (χ3v) is 4.91. The molecule has 4 N–H and O–H groups in total. The molecule has 0 spiro atoms. The lowest BCUT2D eigenvalue weighted by atomic mass is 10.3. The molecule has 0 radical (unpaired) electrons. The monoisotopic (exact) mass is 308 g/mol. The Balaban J connectivity index is 3.16. The summed E-state index contributed by atoms with van der Waals surface area (Å²) in [4.78, 5) is -0.502. The van der Waals surface area contributed by atoms with E-state index in [9.17, 15) is 16.8 Å². The maximum Gasteiger partial charge on any atom is 0.240 e. The Morgan fingerprint density at radius 3 is 2.32 bits per heavy atom. The highest BCUT2D eigenvalue weighted by Crippen LogP contribution is 2.15. The van der Waals surface area contributed by atoms with Gasteiger partial charge in [-0.15, -0.1) is 0 Å². The minimum absolute atomic E-state index is 0.217. The van der Waals surface area contributed by atoms with Gasteiger partial charge in [0.15, 0.2) is 0 Å². The van der Waals surface area contributed by atoms with Crippen molar-refractivity contribution in [2.45, 2.75) is 29.2 Å². The van der Waals surface area contributed by atoms with Gasteiger partial charge in [0.25, 0.3) is 0 Å². The molecule has 1 rings (SSSR count). The summed E-state index contributed by atoms with van der Waals surface area (Å²) in [5.41, 5.74) is 0. The van der Waals surface area contributed by atoms with Gasteiger partial charge in [-0.05, 0) is 24.6 Å². The summed E-state index contributed by atoms with van der Waals surface area (Å²) >= 11 is 0. The molecule has 0 aliphatic carbocycles. The number of hydrogen-bond donors (Lipinski definition) is 3. The molecule has 0 aliphatic heterocycles. The molecule has 7 nitrogen and oxygen atoms in total. The summed E-state index contributed by atoms with van der Waals surface area (Å²) in [6.45, 7) is 1.37. The van der Waals surface area contributed by atoms with Gasteiger partial charge in [-0.25, -0.2) is 26.7 Å². The third kappa shape index (κ3) is 4.25. The minimum atomic E-state index is -3.97. The molecule has 0 heterocycles. The lowest BCUT2D eigenvalue weighted by Gasteiger charge is -2.14. The molecule has 0 aliphatic rings. The number of hydrogen-bond acceptors (Lipinski definition) is 5. The summed E-state index contributed by atoms with van der Waals surface area (Å²) < 4.78 is 48.6. The molecule has 0 bridgehead atoms. The normalized spacial score (nSPS) is 14.3. The second kappa shape index (κ2) is 5.97. The fourth-order valence-corrected chi connectivity index (χ4v) is 3.35. The van der Waals surface area contributed by atoms with Crippen molar-refractivity contribution >= 4 is 20.0 Å². The number of benzene rings is 1. The van der Waals surface area contributed by atoms with Crippen molar-refractivity contribution in [3.05, 3.63) is 24.3 Å². The summed E-state index contributed by atoms with van der Waals surface area (Å²) in [5.74, 6) is 0. The van der Waals surface area contributed by atoms with Gasteiger partial charge in [0.2, 0.25) is 20.0 Å².